The van der Waals surface area contributed by atoms with Crippen molar-refractivity contribution in [2.24, 2.45) is 0 Å². The largest absolute Gasteiger partial charge is 0.335 e. The van der Waals surface area contributed by atoms with Gasteiger partial charge in [0.25, 0.3) is 5.91 Å². The highest BCUT2D eigenvalue weighted by atomic mass is 19.1. The minimum absolute atomic E-state index is 0.0210. The standard InChI is InChI=1S/C16H23FN2O/c1-12(2)19(11-15-5-3-4-10-18-15)16(20)13-6-8-14(17)9-7-13/h6-9,12,15,18H,3-5,10-11H2,1-2H3. The number of carbonyl (C=O) groups is 1. The van der Waals surface area contributed by atoms with Gasteiger partial charge in [0, 0.05) is 24.2 Å². The molecule has 0 bridgehead atoms. The van der Waals surface area contributed by atoms with Crippen LogP contribution in [0.5, 0.6) is 0 Å². The summed E-state index contributed by atoms with van der Waals surface area (Å²) in [5.74, 6) is -0.334. The summed E-state index contributed by atoms with van der Waals surface area (Å²) in [6.07, 6.45) is 3.54. The van der Waals surface area contributed by atoms with Crippen molar-refractivity contribution in [2.45, 2.75) is 45.2 Å². The van der Waals surface area contributed by atoms with E-state index >= 15 is 0 Å². The van der Waals surface area contributed by atoms with Gasteiger partial charge in [-0.05, 0) is 57.5 Å². The Morgan fingerprint density at radius 1 is 1.35 bits per heavy atom. The van der Waals surface area contributed by atoms with Crippen LogP contribution in [0.2, 0.25) is 0 Å². The van der Waals surface area contributed by atoms with Gasteiger partial charge in [0.15, 0.2) is 0 Å². The van der Waals surface area contributed by atoms with Gasteiger partial charge in [-0.25, -0.2) is 4.39 Å². The van der Waals surface area contributed by atoms with Crippen molar-refractivity contribution in [3.8, 4) is 0 Å². The van der Waals surface area contributed by atoms with Gasteiger partial charge < -0.3 is 10.2 Å². The first-order valence-corrected chi connectivity index (χ1v) is 7.38. The van der Waals surface area contributed by atoms with E-state index in [1.807, 2.05) is 18.7 Å². The summed E-state index contributed by atoms with van der Waals surface area (Å²) in [4.78, 5) is 14.4. The lowest BCUT2D eigenvalue weighted by Gasteiger charge is -2.33. The molecule has 1 N–H and O–H groups in total. The van der Waals surface area contributed by atoms with Crippen LogP contribution in [-0.2, 0) is 0 Å². The van der Waals surface area contributed by atoms with Crippen molar-refractivity contribution in [3.63, 3.8) is 0 Å². The second kappa shape index (κ2) is 6.84. The molecule has 1 aliphatic rings. The van der Waals surface area contributed by atoms with Crippen LogP contribution in [0, 0.1) is 5.82 Å². The average molecular weight is 278 g/mol. The third-order valence-corrected chi connectivity index (χ3v) is 3.80. The number of halogens is 1. The molecule has 110 valence electrons. The van der Waals surface area contributed by atoms with Crippen LogP contribution in [0.1, 0.15) is 43.5 Å². The van der Waals surface area contributed by atoms with Crippen LogP contribution >= 0.6 is 0 Å². The second-order valence-electron chi connectivity index (χ2n) is 5.70. The van der Waals surface area contributed by atoms with Crippen LogP contribution in [0.3, 0.4) is 0 Å². The van der Waals surface area contributed by atoms with Gasteiger partial charge in [-0.3, -0.25) is 4.79 Å². The molecule has 1 aliphatic heterocycles. The van der Waals surface area contributed by atoms with Gasteiger partial charge >= 0.3 is 0 Å². The van der Waals surface area contributed by atoms with Crippen molar-refractivity contribution in [1.82, 2.24) is 10.2 Å². The van der Waals surface area contributed by atoms with E-state index in [2.05, 4.69) is 5.32 Å². The second-order valence-corrected chi connectivity index (χ2v) is 5.70. The fraction of sp³-hybridized carbons (Fsp3) is 0.562. The van der Waals surface area contributed by atoms with Crippen LogP contribution in [0.15, 0.2) is 24.3 Å². The molecule has 1 aromatic carbocycles. The third-order valence-electron chi connectivity index (χ3n) is 3.80. The van der Waals surface area contributed by atoms with Gasteiger partial charge in [0.05, 0.1) is 0 Å². The Balaban J connectivity index is 2.07. The Bertz CT molecular complexity index is 438. The van der Waals surface area contributed by atoms with Crippen molar-refractivity contribution < 1.29 is 9.18 Å². The molecular weight excluding hydrogens is 255 g/mol. The monoisotopic (exact) mass is 278 g/mol. The summed E-state index contributed by atoms with van der Waals surface area (Å²) < 4.78 is 12.9. The number of benzene rings is 1. The number of nitrogens with one attached hydrogen (secondary N) is 1. The van der Waals surface area contributed by atoms with Gasteiger partial charge in [0.2, 0.25) is 0 Å². The average Bonchev–Trinajstić information content (AvgIpc) is 2.45. The zero-order chi connectivity index (χ0) is 14.5. The maximum Gasteiger partial charge on any atom is 0.254 e. The number of nitrogens with zero attached hydrogens (tertiary/aromatic N) is 1. The fourth-order valence-corrected chi connectivity index (χ4v) is 2.60. The fourth-order valence-electron chi connectivity index (χ4n) is 2.60. The van der Waals surface area contributed by atoms with Crippen molar-refractivity contribution in [1.29, 1.82) is 0 Å². The molecule has 0 aromatic heterocycles. The Labute approximate surface area is 120 Å². The van der Waals surface area contributed by atoms with Gasteiger partial charge in [-0.15, -0.1) is 0 Å². The van der Waals surface area contributed by atoms with E-state index in [0.29, 0.717) is 18.2 Å². The first-order valence-electron chi connectivity index (χ1n) is 7.38. The Morgan fingerprint density at radius 3 is 2.60 bits per heavy atom. The van der Waals surface area contributed by atoms with E-state index in [-0.39, 0.29) is 17.8 Å². The number of hydrogen-bond acceptors (Lipinski definition) is 2. The molecule has 1 aromatic rings. The quantitative estimate of drug-likeness (QED) is 0.918. The molecule has 0 aliphatic carbocycles. The van der Waals surface area contributed by atoms with Gasteiger partial charge in [-0.2, -0.15) is 0 Å². The van der Waals surface area contributed by atoms with Crippen molar-refractivity contribution in [3.05, 3.63) is 35.6 Å². The lowest BCUT2D eigenvalue weighted by Crippen LogP contribution is -2.48. The van der Waals surface area contributed by atoms with E-state index in [0.717, 1.165) is 13.0 Å². The SMILES string of the molecule is CC(C)N(CC1CCCCN1)C(=O)c1ccc(F)cc1. The molecule has 1 saturated heterocycles. The first-order chi connectivity index (χ1) is 9.58. The highest BCUT2D eigenvalue weighted by Crippen LogP contribution is 2.14. The molecule has 0 spiro atoms. The van der Waals surface area contributed by atoms with E-state index in [4.69, 9.17) is 0 Å². The summed E-state index contributed by atoms with van der Waals surface area (Å²) in [5, 5.41) is 3.47. The molecule has 1 fully saturated rings. The molecule has 3 nitrogen and oxygen atoms in total. The van der Waals surface area contributed by atoms with E-state index in [1.165, 1.54) is 25.0 Å². The van der Waals surface area contributed by atoms with Crippen LogP contribution in [0.4, 0.5) is 4.39 Å². The summed E-state index contributed by atoms with van der Waals surface area (Å²) >= 11 is 0. The lowest BCUT2D eigenvalue weighted by molar-refractivity contribution is 0.0677. The molecule has 1 atom stereocenters. The normalized spacial score (nSPS) is 19.1. The minimum atomic E-state index is -0.313. The number of piperidine rings is 1. The Kier molecular flexibility index (Phi) is 5.12. The number of hydrogen-bond donors (Lipinski definition) is 1. The van der Waals surface area contributed by atoms with Crippen molar-refractivity contribution >= 4 is 5.91 Å². The van der Waals surface area contributed by atoms with E-state index in [9.17, 15) is 9.18 Å². The molecule has 20 heavy (non-hydrogen) atoms. The predicted octanol–water partition coefficient (Wildman–Crippen LogP) is 2.82. The van der Waals surface area contributed by atoms with Gasteiger partial charge in [0.1, 0.15) is 5.82 Å². The lowest BCUT2D eigenvalue weighted by atomic mass is 10.0. The van der Waals surface area contributed by atoms with Crippen LogP contribution < -0.4 is 5.32 Å². The van der Waals surface area contributed by atoms with Crippen LogP contribution in [0.25, 0.3) is 0 Å². The molecule has 4 heteroatoms. The zero-order valence-electron chi connectivity index (χ0n) is 12.2. The highest BCUT2D eigenvalue weighted by molar-refractivity contribution is 5.94. The van der Waals surface area contributed by atoms with Crippen molar-refractivity contribution in [2.75, 3.05) is 13.1 Å². The first kappa shape index (κ1) is 15.0. The third kappa shape index (κ3) is 3.79. The molecule has 1 unspecified atom stereocenters. The summed E-state index contributed by atoms with van der Waals surface area (Å²) in [6, 6.07) is 6.30. The molecule has 0 saturated carbocycles. The van der Waals surface area contributed by atoms with E-state index in [1.54, 1.807) is 12.1 Å². The molecule has 1 heterocycles. The van der Waals surface area contributed by atoms with Crippen LogP contribution in [-0.4, -0.2) is 36.0 Å². The summed E-state index contributed by atoms with van der Waals surface area (Å²) in [6.45, 7) is 5.78. The highest BCUT2D eigenvalue weighted by Gasteiger charge is 2.23. The topological polar surface area (TPSA) is 32.3 Å². The Hall–Kier alpha value is -1.42. The molecule has 1 amide bonds. The predicted molar refractivity (Wildman–Crippen MR) is 78.2 cm³/mol. The maximum absolute atomic E-state index is 12.9. The number of amides is 1. The molecule has 0 radical (unpaired) electrons. The number of rotatable bonds is 4. The maximum atomic E-state index is 12.9. The minimum Gasteiger partial charge on any atom is -0.335 e. The smallest absolute Gasteiger partial charge is 0.254 e. The zero-order valence-corrected chi connectivity index (χ0v) is 12.2. The van der Waals surface area contributed by atoms with E-state index < -0.39 is 0 Å². The van der Waals surface area contributed by atoms with Gasteiger partial charge in [-0.1, -0.05) is 6.42 Å². The summed E-state index contributed by atoms with van der Waals surface area (Å²) in [5.41, 5.74) is 0.552. The Morgan fingerprint density at radius 2 is 2.05 bits per heavy atom. The molecule has 2 rings (SSSR count). The number of carbonyl (C=O) groups excluding carboxylic acids is 1. The summed E-state index contributed by atoms with van der Waals surface area (Å²) in [7, 11) is 0. The molecular formula is C16H23FN2O.